The van der Waals surface area contributed by atoms with Gasteiger partial charge in [-0.15, -0.1) is 0 Å². The SMILES string of the molecule is O=C(N[C@@H]1CCC[C@H](Nc2cc(C(F)(F)F)nc3ccc(Cl)cc23)C1)c1cn(C(F)F)nc1C(F)F. The maximum atomic E-state index is 13.4. The van der Waals surface area contributed by atoms with E-state index in [0.29, 0.717) is 35.9 Å². The highest BCUT2D eigenvalue weighted by atomic mass is 35.5. The van der Waals surface area contributed by atoms with E-state index in [9.17, 15) is 35.5 Å². The highest BCUT2D eigenvalue weighted by Gasteiger charge is 2.34. The Bertz CT molecular complexity index is 1260. The Kier molecular flexibility index (Phi) is 7.30. The van der Waals surface area contributed by atoms with Gasteiger partial charge < -0.3 is 10.6 Å². The van der Waals surface area contributed by atoms with E-state index in [2.05, 4.69) is 20.7 Å². The molecular formula is C22H19ClF7N5O. The van der Waals surface area contributed by atoms with Crippen molar-refractivity contribution in [2.24, 2.45) is 0 Å². The molecule has 0 bridgehead atoms. The van der Waals surface area contributed by atoms with Crippen LogP contribution in [-0.2, 0) is 6.18 Å². The molecule has 1 amide bonds. The minimum atomic E-state index is -4.68. The number of nitrogens with zero attached hydrogens (tertiary/aromatic N) is 3. The second-order valence-corrected chi connectivity index (χ2v) is 8.82. The number of carbonyl (C=O) groups is 1. The summed E-state index contributed by atoms with van der Waals surface area (Å²) < 4.78 is 92.3. The Morgan fingerprint density at radius 1 is 1.11 bits per heavy atom. The van der Waals surface area contributed by atoms with Crippen LogP contribution >= 0.6 is 11.6 Å². The van der Waals surface area contributed by atoms with Crippen LogP contribution in [0.25, 0.3) is 10.9 Å². The summed E-state index contributed by atoms with van der Waals surface area (Å²) in [5.74, 6) is -0.983. The number of pyridine rings is 1. The predicted octanol–water partition coefficient (Wildman–Crippen LogP) is 6.59. The molecule has 2 N–H and O–H groups in total. The van der Waals surface area contributed by atoms with E-state index < -0.39 is 48.1 Å². The molecule has 0 radical (unpaired) electrons. The first kappa shape index (κ1) is 26.0. The monoisotopic (exact) mass is 537 g/mol. The molecule has 1 fully saturated rings. The second-order valence-electron chi connectivity index (χ2n) is 8.38. The van der Waals surface area contributed by atoms with Crippen LogP contribution in [-0.4, -0.2) is 32.8 Å². The molecule has 0 unspecified atom stereocenters. The molecule has 2 atom stereocenters. The van der Waals surface area contributed by atoms with Crippen LogP contribution in [0.5, 0.6) is 0 Å². The molecule has 0 spiro atoms. The molecule has 0 saturated heterocycles. The molecule has 1 aliphatic carbocycles. The van der Waals surface area contributed by atoms with Gasteiger partial charge in [-0.2, -0.15) is 27.1 Å². The molecule has 1 aromatic carbocycles. The van der Waals surface area contributed by atoms with Gasteiger partial charge in [-0.1, -0.05) is 11.6 Å². The summed E-state index contributed by atoms with van der Waals surface area (Å²) in [6.45, 7) is -3.20. The number of halogens is 8. The van der Waals surface area contributed by atoms with Crippen LogP contribution in [0.3, 0.4) is 0 Å². The molecule has 2 heterocycles. The van der Waals surface area contributed by atoms with Gasteiger partial charge in [0.05, 0.1) is 11.1 Å². The van der Waals surface area contributed by atoms with Crippen LogP contribution in [0.4, 0.5) is 36.4 Å². The number of nitrogens with one attached hydrogen (secondary N) is 2. The zero-order valence-corrected chi connectivity index (χ0v) is 19.1. The van der Waals surface area contributed by atoms with Crippen LogP contribution in [0.2, 0.25) is 5.02 Å². The maximum Gasteiger partial charge on any atom is 0.433 e. The number of anilines is 1. The quantitative estimate of drug-likeness (QED) is 0.348. The van der Waals surface area contributed by atoms with E-state index in [-0.39, 0.29) is 28.3 Å². The second kappa shape index (κ2) is 10.1. The Morgan fingerprint density at radius 3 is 2.50 bits per heavy atom. The fraction of sp³-hybridized carbons (Fsp3) is 0.409. The van der Waals surface area contributed by atoms with Crippen molar-refractivity contribution in [1.82, 2.24) is 20.1 Å². The topological polar surface area (TPSA) is 71.8 Å². The van der Waals surface area contributed by atoms with Gasteiger partial charge in [0, 0.05) is 34.4 Å². The lowest BCUT2D eigenvalue weighted by Gasteiger charge is -2.31. The third-order valence-corrected chi connectivity index (χ3v) is 6.08. The number of aromatic nitrogens is 3. The Morgan fingerprint density at radius 2 is 1.83 bits per heavy atom. The molecule has 6 nitrogen and oxygen atoms in total. The maximum absolute atomic E-state index is 13.4. The molecule has 1 saturated carbocycles. The number of fused-ring (bicyclic) bond motifs is 1. The van der Waals surface area contributed by atoms with Crippen molar-refractivity contribution in [2.45, 2.75) is 56.9 Å². The van der Waals surface area contributed by atoms with Gasteiger partial charge in [0.1, 0.15) is 11.4 Å². The van der Waals surface area contributed by atoms with E-state index in [1.165, 1.54) is 18.2 Å². The highest BCUT2D eigenvalue weighted by Crippen LogP contribution is 2.35. The van der Waals surface area contributed by atoms with Gasteiger partial charge in [0.2, 0.25) is 0 Å². The third kappa shape index (κ3) is 5.66. The normalized spacial score (nSPS) is 18.7. The zero-order chi connectivity index (χ0) is 26.2. The summed E-state index contributed by atoms with van der Waals surface area (Å²) in [6, 6.07) is 4.25. The van der Waals surface area contributed by atoms with Gasteiger partial charge in [0.25, 0.3) is 12.3 Å². The summed E-state index contributed by atoms with van der Waals surface area (Å²) in [4.78, 5) is 16.3. The van der Waals surface area contributed by atoms with Gasteiger partial charge in [0.15, 0.2) is 0 Å². The van der Waals surface area contributed by atoms with Crippen molar-refractivity contribution in [3.8, 4) is 0 Å². The highest BCUT2D eigenvalue weighted by molar-refractivity contribution is 6.31. The Labute approximate surface area is 204 Å². The van der Waals surface area contributed by atoms with Gasteiger partial charge in [-0.25, -0.2) is 18.4 Å². The van der Waals surface area contributed by atoms with Crippen LogP contribution < -0.4 is 10.6 Å². The predicted molar refractivity (Wildman–Crippen MR) is 117 cm³/mol. The summed E-state index contributed by atoms with van der Waals surface area (Å²) >= 11 is 6.03. The van der Waals surface area contributed by atoms with E-state index in [1.807, 2.05) is 0 Å². The van der Waals surface area contributed by atoms with Crippen molar-refractivity contribution in [2.75, 3.05) is 5.32 Å². The van der Waals surface area contributed by atoms with Crippen molar-refractivity contribution in [3.05, 3.63) is 52.4 Å². The summed E-state index contributed by atoms with van der Waals surface area (Å²) in [6.07, 6.45) is -5.51. The largest absolute Gasteiger partial charge is 0.433 e. The van der Waals surface area contributed by atoms with Crippen molar-refractivity contribution in [1.29, 1.82) is 0 Å². The number of amides is 1. The standard InChI is InChI=1S/C22H19ClF7N5O/c23-10-4-5-15-13(6-10)16(8-17(33-15)22(28,29)30)31-11-2-1-3-12(7-11)32-20(36)14-9-35(21(26)27)34-18(14)19(24)25/h4-6,8-9,11-12,19,21H,1-3,7H2,(H,31,33)(H,32,36)/t11-,12+/m0/s1. The van der Waals surface area contributed by atoms with Gasteiger partial charge in [-0.05, 0) is 49.9 Å². The smallest absolute Gasteiger partial charge is 0.382 e. The van der Waals surface area contributed by atoms with E-state index in [1.54, 1.807) is 0 Å². The van der Waals surface area contributed by atoms with Crippen molar-refractivity contribution < 1.29 is 35.5 Å². The minimum absolute atomic E-state index is 0.0143. The lowest BCUT2D eigenvalue weighted by atomic mass is 9.90. The summed E-state index contributed by atoms with van der Waals surface area (Å²) in [7, 11) is 0. The van der Waals surface area contributed by atoms with Crippen LogP contribution in [0.15, 0.2) is 30.5 Å². The minimum Gasteiger partial charge on any atom is -0.382 e. The number of hydrogen-bond acceptors (Lipinski definition) is 4. The fourth-order valence-corrected chi connectivity index (χ4v) is 4.41. The first-order chi connectivity index (χ1) is 16.9. The fourth-order valence-electron chi connectivity index (χ4n) is 4.24. The van der Waals surface area contributed by atoms with E-state index >= 15 is 0 Å². The Balaban J connectivity index is 1.53. The molecule has 1 aliphatic rings. The molecule has 194 valence electrons. The number of rotatable bonds is 6. The van der Waals surface area contributed by atoms with E-state index in [0.717, 1.165) is 6.07 Å². The average molecular weight is 538 g/mol. The number of alkyl halides is 7. The molecular weight excluding hydrogens is 519 g/mol. The third-order valence-electron chi connectivity index (χ3n) is 5.84. The van der Waals surface area contributed by atoms with Crippen LogP contribution in [0.1, 0.15) is 60.4 Å². The molecule has 0 aliphatic heterocycles. The van der Waals surface area contributed by atoms with E-state index in [4.69, 9.17) is 11.6 Å². The molecule has 4 rings (SSSR count). The molecule has 3 aromatic rings. The van der Waals surface area contributed by atoms with Gasteiger partial charge in [-0.3, -0.25) is 4.79 Å². The number of hydrogen-bond donors (Lipinski definition) is 2. The number of benzene rings is 1. The summed E-state index contributed by atoms with van der Waals surface area (Å²) in [5, 5.41) is 9.40. The zero-order valence-electron chi connectivity index (χ0n) is 18.3. The average Bonchev–Trinajstić information content (AvgIpc) is 3.25. The lowest BCUT2D eigenvalue weighted by Crippen LogP contribution is -2.42. The summed E-state index contributed by atoms with van der Waals surface area (Å²) in [5.41, 5.74) is -2.56. The van der Waals surface area contributed by atoms with Crippen molar-refractivity contribution >= 4 is 34.1 Å². The molecule has 14 heteroatoms. The first-order valence-corrected chi connectivity index (χ1v) is 11.2. The number of carbonyl (C=O) groups excluding carboxylic acids is 1. The van der Waals surface area contributed by atoms with Crippen LogP contribution in [0, 0.1) is 0 Å². The van der Waals surface area contributed by atoms with Crippen molar-refractivity contribution in [3.63, 3.8) is 0 Å². The lowest BCUT2D eigenvalue weighted by molar-refractivity contribution is -0.140. The van der Waals surface area contributed by atoms with Gasteiger partial charge >= 0.3 is 12.7 Å². The molecule has 2 aromatic heterocycles. The molecule has 36 heavy (non-hydrogen) atoms. The first-order valence-electron chi connectivity index (χ1n) is 10.8. The Hall–Kier alpha value is -3.09.